The molecule has 114 valence electrons. The SMILES string of the molecule is CSCC[C@H](N)C(=O)O.O=S(=O)(O)Cc1ccccc1. The van der Waals surface area contributed by atoms with E-state index in [0.29, 0.717) is 12.0 Å². The Labute approximate surface area is 123 Å². The predicted molar refractivity (Wildman–Crippen MR) is 80.3 cm³/mol. The Morgan fingerprint density at radius 2 is 1.90 bits per heavy atom. The number of benzene rings is 1. The molecule has 0 saturated heterocycles. The van der Waals surface area contributed by atoms with Crippen LogP contribution in [0.4, 0.5) is 0 Å². The molecule has 0 unspecified atom stereocenters. The number of aliphatic carboxylic acids is 1. The third-order valence-electron chi connectivity index (χ3n) is 2.14. The van der Waals surface area contributed by atoms with Gasteiger partial charge in [-0.05, 0) is 24.0 Å². The van der Waals surface area contributed by atoms with Crippen LogP contribution in [0.3, 0.4) is 0 Å². The summed E-state index contributed by atoms with van der Waals surface area (Å²) in [6, 6.07) is 7.84. The summed E-state index contributed by atoms with van der Waals surface area (Å²) >= 11 is 1.60. The molecule has 6 nitrogen and oxygen atoms in total. The number of thioether (sulfide) groups is 1. The summed E-state index contributed by atoms with van der Waals surface area (Å²) in [5, 5.41) is 8.27. The van der Waals surface area contributed by atoms with E-state index in [1.165, 1.54) is 0 Å². The number of carboxylic acids is 1. The van der Waals surface area contributed by atoms with Crippen LogP contribution in [0.5, 0.6) is 0 Å². The number of hydrogen-bond acceptors (Lipinski definition) is 5. The molecule has 1 rings (SSSR count). The third kappa shape index (κ3) is 10.8. The fourth-order valence-electron chi connectivity index (χ4n) is 1.15. The van der Waals surface area contributed by atoms with E-state index in [-0.39, 0.29) is 5.75 Å². The lowest BCUT2D eigenvalue weighted by atomic mass is 10.2. The summed E-state index contributed by atoms with van der Waals surface area (Å²) in [6.45, 7) is 0. The zero-order valence-corrected chi connectivity index (χ0v) is 12.7. The largest absolute Gasteiger partial charge is 0.480 e. The van der Waals surface area contributed by atoms with Crippen molar-refractivity contribution in [2.75, 3.05) is 12.0 Å². The van der Waals surface area contributed by atoms with Crippen molar-refractivity contribution < 1.29 is 22.9 Å². The van der Waals surface area contributed by atoms with Crippen molar-refractivity contribution in [3.05, 3.63) is 35.9 Å². The van der Waals surface area contributed by atoms with Crippen molar-refractivity contribution in [2.24, 2.45) is 5.73 Å². The maximum absolute atomic E-state index is 10.4. The van der Waals surface area contributed by atoms with Gasteiger partial charge in [0, 0.05) is 0 Å². The highest BCUT2D eigenvalue weighted by atomic mass is 32.2. The molecule has 0 fully saturated rings. The van der Waals surface area contributed by atoms with E-state index >= 15 is 0 Å². The molecule has 0 aromatic heterocycles. The van der Waals surface area contributed by atoms with Crippen LogP contribution in [0.15, 0.2) is 30.3 Å². The van der Waals surface area contributed by atoms with Gasteiger partial charge in [0.25, 0.3) is 10.1 Å². The Hall–Kier alpha value is -1.09. The Morgan fingerprint density at radius 3 is 2.30 bits per heavy atom. The average Bonchev–Trinajstić information content (AvgIpc) is 2.35. The highest BCUT2D eigenvalue weighted by molar-refractivity contribution is 7.98. The molecule has 8 heteroatoms. The van der Waals surface area contributed by atoms with Gasteiger partial charge in [-0.25, -0.2) is 0 Å². The topological polar surface area (TPSA) is 118 Å². The Kier molecular flexibility index (Phi) is 9.23. The third-order valence-corrected chi connectivity index (χ3v) is 3.48. The number of carboxylic acid groups (broad SMARTS) is 1. The second-order valence-corrected chi connectivity index (χ2v) is 6.38. The van der Waals surface area contributed by atoms with Gasteiger partial charge in [0.2, 0.25) is 0 Å². The summed E-state index contributed by atoms with van der Waals surface area (Å²) in [5.41, 5.74) is 5.78. The van der Waals surface area contributed by atoms with Crippen molar-refractivity contribution in [1.29, 1.82) is 0 Å². The van der Waals surface area contributed by atoms with Crippen LogP contribution in [0.1, 0.15) is 12.0 Å². The van der Waals surface area contributed by atoms with E-state index in [0.717, 1.165) is 5.75 Å². The van der Waals surface area contributed by atoms with Crippen LogP contribution in [0.25, 0.3) is 0 Å². The van der Waals surface area contributed by atoms with Crippen LogP contribution in [-0.4, -0.2) is 42.1 Å². The van der Waals surface area contributed by atoms with Gasteiger partial charge in [0.1, 0.15) is 11.8 Å². The second kappa shape index (κ2) is 9.76. The molecule has 1 aromatic carbocycles. The van der Waals surface area contributed by atoms with E-state index in [1.54, 1.807) is 42.1 Å². The lowest BCUT2D eigenvalue weighted by Gasteiger charge is -2.02. The predicted octanol–water partition coefficient (Wildman–Crippen LogP) is 1.23. The van der Waals surface area contributed by atoms with Crippen LogP contribution in [0, 0.1) is 0 Å². The van der Waals surface area contributed by atoms with Crippen molar-refractivity contribution in [3.63, 3.8) is 0 Å². The Balaban J connectivity index is 0.000000370. The lowest BCUT2D eigenvalue weighted by molar-refractivity contribution is -0.138. The molecule has 0 aliphatic rings. The summed E-state index contributed by atoms with van der Waals surface area (Å²) in [7, 11) is -3.88. The molecule has 0 spiro atoms. The Bertz CT molecular complexity index is 490. The lowest BCUT2D eigenvalue weighted by Crippen LogP contribution is -2.30. The van der Waals surface area contributed by atoms with Crippen LogP contribution < -0.4 is 5.73 Å². The first-order valence-electron chi connectivity index (χ1n) is 5.72. The summed E-state index contributed by atoms with van der Waals surface area (Å²) < 4.78 is 29.2. The Morgan fingerprint density at radius 1 is 1.35 bits per heavy atom. The molecule has 0 aliphatic heterocycles. The number of carbonyl (C=O) groups is 1. The standard InChI is InChI=1S/C7H8O3S.C5H11NO2S/c8-11(9,10)6-7-4-2-1-3-5-7;1-9-3-2-4(6)5(7)8/h1-5H,6H2,(H,8,9,10);4H,2-3,6H2,1H3,(H,7,8)/t;4-/m.0/s1. The van der Waals surface area contributed by atoms with E-state index in [2.05, 4.69) is 0 Å². The van der Waals surface area contributed by atoms with Gasteiger partial charge in [-0.2, -0.15) is 20.2 Å². The average molecular weight is 321 g/mol. The molecule has 1 aromatic rings. The minimum Gasteiger partial charge on any atom is -0.480 e. The first-order valence-corrected chi connectivity index (χ1v) is 8.73. The van der Waals surface area contributed by atoms with Gasteiger partial charge in [-0.15, -0.1) is 0 Å². The fraction of sp³-hybridized carbons (Fsp3) is 0.417. The van der Waals surface area contributed by atoms with Gasteiger partial charge >= 0.3 is 5.97 Å². The monoisotopic (exact) mass is 321 g/mol. The van der Waals surface area contributed by atoms with E-state index in [4.69, 9.17) is 15.4 Å². The van der Waals surface area contributed by atoms with Gasteiger partial charge in [0.15, 0.2) is 0 Å². The highest BCUT2D eigenvalue weighted by Crippen LogP contribution is 2.02. The zero-order valence-electron chi connectivity index (χ0n) is 11.1. The maximum atomic E-state index is 10.4. The molecule has 4 N–H and O–H groups in total. The maximum Gasteiger partial charge on any atom is 0.320 e. The first kappa shape index (κ1) is 18.9. The zero-order chi connectivity index (χ0) is 15.6. The van der Waals surface area contributed by atoms with Crippen molar-refractivity contribution >= 4 is 27.8 Å². The molecule has 0 radical (unpaired) electrons. The van der Waals surface area contributed by atoms with Gasteiger partial charge in [0.05, 0.1) is 0 Å². The molecule has 20 heavy (non-hydrogen) atoms. The van der Waals surface area contributed by atoms with Crippen molar-refractivity contribution in [2.45, 2.75) is 18.2 Å². The number of rotatable bonds is 6. The number of hydrogen-bond donors (Lipinski definition) is 3. The van der Waals surface area contributed by atoms with E-state index in [9.17, 15) is 13.2 Å². The molecule has 0 aliphatic carbocycles. The molecular weight excluding hydrogens is 302 g/mol. The van der Waals surface area contributed by atoms with Crippen LogP contribution in [-0.2, 0) is 20.7 Å². The van der Waals surface area contributed by atoms with Gasteiger partial charge < -0.3 is 10.8 Å². The molecule has 0 amide bonds. The van der Waals surface area contributed by atoms with Crippen LogP contribution >= 0.6 is 11.8 Å². The van der Waals surface area contributed by atoms with E-state index < -0.39 is 22.1 Å². The second-order valence-electron chi connectivity index (χ2n) is 3.94. The molecule has 0 heterocycles. The minimum atomic E-state index is -3.88. The summed E-state index contributed by atoms with van der Waals surface area (Å²) in [5.74, 6) is -0.412. The fourth-order valence-corrected chi connectivity index (χ4v) is 2.26. The molecule has 1 atom stereocenters. The molecule has 0 bridgehead atoms. The van der Waals surface area contributed by atoms with Crippen molar-refractivity contribution in [3.8, 4) is 0 Å². The van der Waals surface area contributed by atoms with Crippen molar-refractivity contribution in [1.82, 2.24) is 0 Å². The molecule has 0 saturated carbocycles. The summed E-state index contributed by atoms with van der Waals surface area (Å²) in [6.07, 6.45) is 2.48. The number of nitrogens with two attached hydrogens (primary N) is 1. The minimum absolute atomic E-state index is 0.312. The normalized spacial score (nSPS) is 12.2. The van der Waals surface area contributed by atoms with Gasteiger partial charge in [-0.1, -0.05) is 30.3 Å². The van der Waals surface area contributed by atoms with Crippen LogP contribution in [0.2, 0.25) is 0 Å². The van der Waals surface area contributed by atoms with Gasteiger partial charge in [-0.3, -0.25) is 9.35 Å². The quantitative estimate of drug-likeness (QED) is 0.674. The first-order chi connectivity index (χ1) is 9.26. The summed E-state index contributed by atoms with van der Waals surface area (Å²) in [4.78, 5) is 10.1. The molecular formula is C12H19NO5S2. The van der Waals surface area contributed by atoms with E-state index in [1.807, 2.05) is 6.26 Å². The smallest absolute Gasteiger partial charge is 0.320 e. The highest BCUT2D eigenvalue weighted by Gasteiger charge is 2.09.